The van der Waals surface area contributed by atoms with E-state index >= 15 is 0 Å². The minimum absolute atomic E-state index is 0.0224. The second-order valence-corrected chi connectivity index (χ2v) is 7.08. The number of aromatic nitrogens is 1. The van der Waals surface area contributed by atoms with Crippen LogP contribution in [0.2, 0.25) is 4.34 Å². The molecule has 3 heterocycles. The number of halogens is 1. The number of carbonyl (C=O) groups excluding carboxylic acids is 1. The van der Waals surface area contributed by atoms with Gasteiger partial charge in [-0.15, -0.1) is 22.7 Å². The summed E-state index contributed by atoms with van der Waals surface area (Å²) >= 11 is 8.77. The van der Waals surface area contributed by atoms with Crippen molar-refractivity contribution in [2.75, 3.05) is 6.54 Å². The molecule has 0 fully saturated rings. The van der Waals surface area contributed by atoms with Crippen LogP contribution in [0, 0.1) is 0 Å². The van der Waals surface area contributed by atoms with Crippen molar-refractivity contribution in [3.63, 3.8) is 0 Å². The number of nitrogens with one attached hydrogen (secondary N) is 1. The van der Waals surface area contributed by atoms with Gasteiger partial charge in [0.05, 0.1) is 21.8 Å². The van der Waals surface area contributed by atoms with Gasteiger partial charge in [0.1, 0.15) is 10.7 Å². The summed E-state index contributed by atoms with van der Waals surface area (Å²) in [4.78, 5) is 23.6. The van der Waals surface area contributed by atoms with Crippen molar-refractivity contribution >= 4 is 46.1 Å². The fraction of sp³-hybridized carbons (Fsp3) is 0.250. The third kappa shape index (κ3) is 2.80. The van der Waals surface area contributed by atoms with E-state index in [0.717, 1.165) is 9.88 Å². The maximum atomic E-state index is 12.5. The fourth-order valence-corrected chi connectivity index (χ4v) is 3.93. The maximum Gasteiger partial charge on any atom is 0.280 e. The standard InChI is InChI=1S/C12H12ClN5OS2/c1-6-4-18(12(15-6)17-14)11(19)7-5-20-10(16-7)8-2-3-9(13)21-8/h2-3,5-6H,4,14H2,1H3,(H,15,17). The van der Waals surface area contributed by atoms with Gasteiger partial charge in [0.25, 0.3) is 5.91 Å². The number of hydrogen-bond donors (Lipinski definition) is 2. The molecule has 1 amide bonds. The number of amides is 1. The van der Waals surface area contributed by atoms with E-state index < -0.39 is 0 Å². The van der Waals surface area contributed by atoms with Gasteiger partial charge in [-0.2, -0.15) is 0 Å². The van der Waals surface area contributed by atoms with Gasteiger partial charge in [-0.3, -0.25) is 15.1 Å². The molecule has 6 nitrogen and oxygen atoms in total. The Hall–Kier alpha value is -1.48. The topological polar surface area (TPSA) is 83.6 Å². The summed E-state index contributed by atoms with van der Waals surface area (Å²) in [6.07, 6.45) is 0. The Kier molecular flexibility index (Phi) is 3.94. The van der Waals surface area contributed by atoms with Crippen LogP contribution in [0.5, 0.6) is 0 Å². The first kappa shape index (κ1) is 14.5. The average Bonchev–Trinajstić information content (AvgIpc) is 3.16. The van der Waals surface area contributed by atoms with E-state index in [1.54, 1.807) is 5.38 Å². The quantitative estimate of drug-likeness (QED) is 0.648. The molecule has 2 aromatic rings. The normalized spacial score (nSPS) is 18.0. The third-order valence-corrected chi connectivity index (χ3v) is 5.17. The minimum atomic E-state index is -0.207. The monoisotopic (exact) mass is 341 g/mol. The van der Waals surface area contributed by atoms with E-state index in [2.05, 4.69) is 15.4 Å². The molecular weight excluding hydrogens is 330 g/mol. The Balaban J connectivity index is 1.83. The van der Waals surface area contributed by atoms with E-state index in [4.69, 9.17) is 17.4 Å². The second-order valence-electron chi connectivity index (χ2n) is 4.50. The second kappa shape index (κ2) is 5.72. The van der Waals surface area contributed by atoms with E-state index in [1.165, 1.54) is 27.6 Å². The highest BCUT2D eigenvalue weighted by molar-refractivity contribution is 7.23. The SMILES string of the molecule is CC1CN(C(=O)c2csc(-c3ccc(Cl)s3)n2)C(NN)=N1. The Morgan fingerprint density at radius 2 is 2.38 bits per heavy atom. The molecule has 0 aromatic carbocycles. The van der Waals surface area contributed by atoms with Crippen LogP contribution >= 0.6 is 34.3 Å². The predicted octanol–water partition coefficient (Wildman–Crippen LogP) is 2.19. The van der Waals surface area contributed by atoms with Crippen LogP contribution < -0.4 is 11.3 Å². The van der Waals surface area contributed by atoms with Gasteiger partial charge in [0.2, 0.25) is 5.96 Å². The molecule has 0 saturated heterocycles. The molecule has 9 heteroatoms. The molecule has 1 atom stereocenters. The Morgan fingerprint density at radius 1 is 1.57 bits per heavy atom. The predicted molar refractivity (Wildman–Crippen MR) is 85.7 cm³/mol. The maximum absolute atomic E-state index is 12.5. The third-order valence-electron chi connectivity index (χ3n) is 2.93. The highest BCUT2D eigenvalue weighted by Crippen LogP contribution is 2.33. The zero-order valence-electron chi connectivity index (χ0n) is 11.0. The largest absolute Gasteiger partial charge is 0.294 e. The molecule has 3 N–H and O–H groups in total. The van der Waals surface area contributed by atoms with Crippen LogP contribution in [-0.4, -0.2) is 34.3 Å². The molecule has 2 aromatic heterocycles. The van der Waals surface area contributed by atoms with Crippen molar-refractivity contribution in [2.45, 2.75) is 13.0 Å². The van der Waals surface area contributed by atoms with Crippen LogP contribution in [0.3, 0.4) is 0 Å². The molecule has 0 radical (unpaired) electrons. The van der Waals surface area contributed by atoms with Crippen LogP contribution in [0.1, 0.15) is 17.4 Å². The first-order valence-electron chi connectivity index (χ1n) is 6.16. The highest BCUT2D eigenvalue weighted by atomic mass is 35.5. The van der Waals surface area contributed by atoms with Crippen molar-refractivity contribution < 1.29 is 4.79 Å². The Morgan fingerprint density at radius 3 is 3.05 bits per heavy atom. The summed E-state index contributed by atoms with van der Waals surface area (Å²) < 4.78 is 0.697. The number of rotatable bonds is 2. The molecule has 21 heavy (non-hydrogen) atoms. The van der Waals surface area contributed by atoms with Gasteiger partial charge in [-0.05, 0) is 19.1 Å². The first-order chi connectivity index (χ1) is 10.1. The molecule has 3 rings (SSSR count). The van der Waals surface area contributed by atoms with Crippen LogP contribution in [-0.2, 0) is 0 Å². The van der Waals surface area contributed by atoms with Gasteiger partial charge in [0, 0.05) is 5.38 Å². The molecule has 1 aliphatic heterocycles. The lowest BCUT2D eigenvalue weighted by atomic mass is 10.3. The molecule has 0 saturated carbocycles. The Labute approximate surface area is 134 Å². The lowest BCUT2D eigenvalue weighted by molar-refractivity contribution is 0.0845. The number of aliphatic imine (C=N–C) groups is 1. The van der Waals surface area contributed by atoms with Crippen molar-refractivity contribution in [1.29, 1.82) is 0 Å². The van der Waals surface area contributed by atoms with Crippen LogP contribution in [0.4, 0.5) is 0 Å². The number of guanidine groups is 1. The number of hydrogen-bond acceptors (Lipinski definition) is 7. The van der Waals surface area contributed by atoms with Crippen molar-refractivity contribution in [1.82, 2.24) is 15.3 Å². The first-order valence-corrected chi connectivity index (χ1v) is 8.23. The van der Waals surface area contributed by atoms with E-state index in [9.17, 15) is 4.79 Å². The summed E-state index contributed by atoms with van der Waals surface area (Å²) in [5, 5.41) is 2.52. The van der Waals surface area contributed by atoms with E-state index in [0.29, 0.717) is 22.5 Å². The van der Waals surface area contributed by atoms with Gasteiger partial charge < -0.3 is 0 Å². The number of nitrogens with zero attached hydrogens (tertiary/aromatic N) is 3. The molecule has 0 bridgehead atoms. The zero-order chi connectivity index (χ0) is 15.0. The number of hydrazine groups is 1. The molecule has 110 valence electrons. The summed E-state index contributed by atoms with van der Waals surface area (Å²) in [6.45, 7) is 2.42. The average molecular weight is 342 g/mol. The lowest BCUT2D eigenvalue weighted by Crippen LogP contribution is -2.45. The summed E-state index contributed by atoms with van der Waals surface area (Å²) in [5.74, 6) is 5.56. The molecule has 1 aliphatic rings. The van der Waals surface area contributed by atoms with Crippen molar-refractivity contribution in [3.8, 4) is 9.88 Å². The summed E-state index contributed by atoms with van der Waals surface area (Å²) in [7, 11) is 0. The van der Waals surface area contributed by atoms with Crippen molar-refractivity contribution in [2.24, 2.45) is 10.8 Å². The summed E-state index contributed by atoms with van der Waals surface area (Å²) in [6, 6.07) is 3.73. The smallest absolute Gasteiger partial charge is 0.280 e. The minimum Gasteiger partial charge on any atom is -0.294 e. The lowest BCUT2D eigenvalue weighted by Gasteiger charge is -2.16. The molecule has 1 unspecified atom stereocenters. The van der Waals surface area contributed by atoms with Gasteiger partial charge in [0.15, 0.2) is 0 Å². The molecule has 0 spiro atoms. The highest BCUT2D eigenvalue weighted by Gasteiger charge is 2.29. The van der Waals surface area contributed by atoms with Gasteiger partial charge >= 0.3 is 0 Å². The zero-order valence-corrected chi connectivity index (χ0v) is 13.4. The van der Waals surface area contributed by atoms with E-state index in [1.807, 2.05) is 19.1 Å². The van der Waals surface area contributed by atoms with Crippen LogP contribution in [0.15, 0.2) is 22.5 Å². The number of thiazole rings is 1. The fourth-order valence-electron chi connectivity index (χ4n) is 2.02. The molecule has 0 aliphatic carbocycles. The van der Waals surface area contributed by atoms with E-state index in [-0.39, 0.29) is 11.9 Å². The number of nitrogens with two attached hydrogens (primary N) is 1. The Bertz CT molecular complexity index is 710. The number of carbonyl (C=O) groups is 1. The summed E-state index contributed by atoms with van der Waals surface area (Å²) in [5.41, 5.74) is 2.84. The van der Waals surface area contributed by atoms with Crippen molar-refractivity contribution in [3.05, 3.63) is 27.5 Å². The number of thiophene rings is 1. The molecular formula is C12H12ClN5OS2. The van der Waals surface area contributed by atoms with Gasteiger partial charge in [-0.25, -0.2) is 15.8 Å². The van der Waals surface area contributed by atoms with Crippen LogP contribution in [0.25, 0.3) is 9.88 Å². The van der Waals surface area contributed by atoms with Gasteiger partial charge in [-0.1, -0.05) is 11.6 Å².